The van der Waals surface area contributed by atoms with Crippen molar-refractivity contribution in [1.82, 2.24) is 31.5 Å². The maximum Gasteiger partial charge on any atom is 0.325 e. The number of ketones is 1. The van der Waals surface area contributed by atoms with E-state index in [1.54, 1.807) is 27.7 Å². The number of carbonyl (C=O) groups excluding carboxylic acids is 8. The molecule has 2 rings (SSSR count). The van der Waals surface area contributed by atoms with Crippen molar-refractivity contribution in [3.8, 4) is 0 Å². The Kier molecular flexibility index (Phi) is 39.0. The molecule has 4 amide bonds. The lowest BCUT2D eigenvalue weighted by atomic mass is 9.82. The first kappa shape index (κ1) is 82.8. The van der Waals surface area contributed by atoms with E-state index in [1.165, 1.54) is 16.9 Å². The first-order chi connectivity index (χ1) is 36.5. The summed E-state index contributed by atoms with van der Waals surface area (Å²) in [5, 5.41) is 16.4. The lowest BCUT2D eigenvalue weighted by Gasteiger charge is -2.34. The number of carboxylic acids is 1. The highest BCUT2D eigenvalue weighted by Gasteiger charge is 2.37. The largest absolute Gasteiger partial charge is 0.481 e. The highest BCUT2D eigenvalue weighted by Crippen LogP contribution is 2.30. The van der Waals surface area contributed by atoms with Crippen LogP contribution in [0.3, 0.4) is 0 Å². The number of aliphatic carboxylic acids is 1. The lowest BCUT2D eigenvalue weighted by molar-refractivity contribution is -0.158. The number of halogens is 6. The number of esters is 3. The number of rotatable bonds is 26. The van der Waals surface area contributed by atoms with Crippen LogP contribution in [0.1, 0.15) is 182 Å². The summed E-state index contributed by atoms with van der Waals surface area (Å²) in [7, 11) is 0. The fourth-order valence-electron chi connectivity index (χ4n) is 8.05. The molecule has 0 aliphatic carbocycles. The van der Waals surface area contributed by atoms with Gasteiger partial charge in [-0.05, 0) is 109 Å². The maximum absolute atomic E-state index is 13.0. The van der Waals surface area contributed by atoms with E-state index < -0.39 is 104 Å². The van der Waals surface area contributed by atoms with E-state index in [9.17, 15) is 43.2 Å². The van der Waals surface area contributed by atoms with Crippen molar-refractivity contribution in [3.63, 3.8) is 0 Å². The van der Waals surface area contributed by atoms with Gasteiger partial charge in [0, 0.05) is 38.3 Å². The van der Waals surface area contributed by atoms with Gasteiger partial charge in [-0.25, -0.2) is 10.9 Å². The number of amides is 4. The Morgan fingerprint density at radius 2 is 0.963 bits per heavy atom. The molecule has 2 aliphatic heterocycles. The molecule has 0 spiro atoms. The van der Waals surface area contributed by atoms with Crippen LogP contribution in [0.25, 0.3) is 0 Å². The van der Waals surface area contributed by atoms with Crippen LogP contribution in [0.4, 0.5) is 0 Å². The minimum atomic E-state index is -1.73. The van der Waals surface area contributed by atoms with Gasteiger partial charge in [0.15, 0.2) is 0 Å². The lowest BCUT2D eigenvalue weighted by Crippen LogP contribution is -2.60. The molecule has 0 saturated carbocycles. The van der Waals surface area contributed by atoms with Gasteiger partial charge in [-0.2, -0.15) is 0 Å². The fourth-order valence-corrected chi connectivity index (χ4v) is 8.38. The van der Waals surface area contributed by atoms with E-state index in [0.29, 0.717) is 58.0 Å². The molecule has 2 fully saturated rings. The molecule has 0 aromatic rings. The van der Waals surface area contributed by atoms with Crippen molar-refractivity contribution in [2.75, 3.05) is 26.3 Å². The number of carbonyl (C=O) groups is 9. The highest BCUT2D eigenvalue weighted by atomic mass is 35.6. The fraction of sp³-hybridized carbons (Fsp3) is 0.772. The Balaban J connectivity index is -0.00000126. The van der Waals surface area contributed by atoms with Crippen molar-refractivity contribution >= 4 is 123 Å². The monoisotopic (exact) mass is 1280 g/mol. The van der Waals surface area contributed by atoms with Gasteiger partial charge in [-0.1, -0.05) is 152 Å². The number of alkyl halides is 6. The number of ether oxygens (including phenoxy) is 3. The third-order valence-corrected chi connectivity index (χ3v) is 13.4. The van der Waals surface area contributed by atoms with Gasteiger partial charge in [0.05, 0.1) is 12.3 Å². The Labute approximate surface area is 519 Å². The van der Waals surface area contributed by atoms with Gasteiger partial charge < -0.3 is 30.0 Å². The van der Waals surface area contributed by atoms with Gasteiger partial charge in [-0.3, -0.25) is 53.2 Å². The van der Waals surface area contributed by atoms with Crippen LogP contribution in [-0.4, -0.2) is 132 Å². The smallest absolute Gasteiger partial charge is 0.325 e. The molecule has 0 aromatic heterocycles. The second kappa shape index (κ2) is 38.6. The topological polar surface area (TPSA) is 256 Å². The highest BCUT2D eigenvalue weighted by molar-refractivity contribution is 6.68. The molecule has 25 heteroatoms. The molecule has 0 aromatic carbocycles. The zero-order valence-electron chi connectivity index (χ0n) is 49.0. The van der Waals surface area contributed by atoms with Crippen LogP contribution in [-0.2, 0) is 57.4 Å². The Hall–Kier alpha value is -3.43. The average molecular weight is 1290 g/mol. The number of nitrogens with zero attached hydrogens (tertiary/aromatic N) is 2. The van der Waals surface area contributed by atoms with Crippen molar-refractivity contribution < 1.29 is 62.5 Å². The van der Waals surface area contributed by atoms with E-state index >= 15 is 0 Å². The molecular formula is C57H98Cl6N6O13. The third kappa shape index (κ3) is 36.4. The number of hydrazine groups is 2. The maximum atomic E-state index is 13.0. The predicted molar refractivity (Wildman–Crippen MR) is 327 cm³/mol. The predicted octanol–water partition coefficient (Wildman–Crippen LogP) is 11.1. The van der Waals surface area contributed by atoms with Crippen LogP contribution >= 0.6 is 69.6 Å². The number of hydrogen-bond acceptors (Lipinski definition) is 14. The van der Waals surface area contributed by atoms with E-state index in [1.807, 2.05) is 39.8 Å². The molecule has 2 aliphatic rings. The summed E-state index contributed by atoms with van der Waals surface area (Å²) in [5.41, 5.74) is 5.04. The summed E-state index contributed by atoms with van der Waals surface area (Å²) < 4.78 is 11.8. The number of allylic oxidation sites excluding steroid dienone is 2. The van der Waals surface area contributed by atoms with E-state index in [-0.39, 0.29) is 68.5 Å². The Morgan fingerprint density at radius 1 is 0.610 bits per heavy atom. The van der Waals surface area contributed by atoms with E-state index in [2.05, 4.69) is 62.3 Å². The first-order valence-corrected chi connectivity index (χ1v) is 29.2. The molecule has 2 saturated heterocycles. The van der Waals surface area contributed by atoms with Gasteiger partial charge in [-0.15, -0.1) is 13.2 Å². The zero-order valence-corrected chi connectivity index (χ0v) is 53.5. The molecule has 6 atom stereocenters. The summed E-state index contributed by atoms with van der Waals surface area (Å²) in [6, 6.07) is -3.30. The third-order valence-electron chi connectivity index (χ3n) is 12.7. The molecule has 19 nitrogen and oxygen atoms in total. The normalized spacial score (nSPS) is 17.2. The summed E-state index contributed by atoms with van der Waals surface area (Å²) in [6.45, 7) is 31.3. The number of carboxylic acid groups (broad SMARTS) is 1. The first-order valence-electron chi connectivity index (χ1n) is 26.9. The Morgan fingerprint density at radius 3 is 1.28 bits per heavy atom. The van der Waals surface area contributed by atoms with Gasteiger partial charge in [0.2, 0.25) is 19.4 Å². The van der Waals surface area contributed by atoms with Crippen LogP contribution in [0.15, 0.2) is 25.3 Å². The molecule has 0 unspecified atom stereocenters. The average Bonchev–Trinajstić information content (AvgIpc) is 3.33. The Bertz CT molecular complexity index is 2080. The molecule has 5 N–H and O–H groups in total. The van der Waals surface area contributed by atoms with E-state index in [4.69, 9.17) is 88.9 Å². The van der Waals surface area contributed by atoms with Crippen LogP contribution in [0.5, 0.6) is 0 Å². The summed E-state index contributed by atoms with van der Waals surface area (Å²) >= 11 is 33.6. The van der Waals surface area contributed by atoms with E-state index in [0.717, 1.165) is 12.8 Å². The molecule has 2 heterocycles. The molecule has 0 radical (unpaired) electrons. The minimum absolute atomic E-state index is 0. The van der Waals surface area contributed by atoms with Crippen molar-refractivity contribution in [2.45, 2.75) is 219 Å². The zero-order chi connectivity index (χ0) is 62.1. The summed E-state index contributed by atoms with van der Waals surface area (Å²) in [6.07, 6.45) is 9.44. The van der Waals surface area contributed by atoms with Crippen LogP contribution < -0.4 is 21.5 Å². The summed E-state index contributed by atoms with van der Waals surface area (Å²) in [5.74, 6) is -5.49. The number of Topliss-reactive ketones (excluding diaryl/α,β-unsaturated/α-hetero) is 1. The second-order valence-corrected chi connectivity index (χ2v) is 28.5. The van der Waals surface area contributed by atoms with Crippen molar-refractivity contribution in [3.05, 3.63) is 25.3 Å². The minimum Gasteiger partial charge on any atom is -0.481 e. The summed E-state index contributed by atoms with van der Waals surface area (Å²) in [4.78, 5) is 111. The molecule has 82 heavy (non-hydrogen) atoms. The van der Waals surface area contributed by atoms with Crippen molar-refractivity contribution in [1.29, 1.82) is 0 Å². The molecule has 476 valence electrons. The number of hydrogen-bond donors (Lipinski definition) is 5. The molecular weight excluding hydrogens is 1190 g/mol. The number of nitrogens with one attached hydrogen (secondary N) is 4. The van der Waals surface area contributed by atoms with Gasteiger partial charge in [0.25, 0.3) is 11.8 Å². The standard InChI is InChI=1S/C25H40Cl3N3O5.C21H34Cl3N3O6.C9H16O2.2CH4/c1-7-11-24(5,6)12-10-18(32)14-19(16(2)3)21(33)29-17(4)22(34)31-13-8-9-20(30-31)23(35)36-15-25(26,27)28;1-12(2)14(10-16(28)33-20(4,5)6)17(29)25-13(3)18(30)27-9-7-8-15(26-27)19(31)32-11-21(22,23)24;1-4-6-9(2,3)7-5-8(10)11;;/h7,16-17,19-20,30H,1,8-15H2,2-6H3,(H,29,33);12-15,26H,7-11H2,1-6H3,(H,25,29);4H,1,5-7H2,2-3H3,(H,10,11);2*1H4/t17-,19-,20-;13-,14-,15-;;;/m00.../s1. The van der Waals surface area contributed by atoms with Crippen molar-refractivity contribution in [2.24, 2.45) is 34.5 Å². The molecule has 0 bridgehead atoms. The van der Waals surface area contributed by atoms with Gasteiger partial charge in [0.1, 0.15) is 48.8 Å². The SMILES string of the molecule is C.C.C=CCC(C)(C)CCC(=O)C[C@H](C(=O)N[C@@H](C)C(=O)N1CCC[C@@H](C(=O)OCC(Cl)(Cl)Cl)N1)C(C)C.C=CCC(C)(C)CCC(=O)O.CC(C)[C@H](CC(=O)OC(C)(C)C)C(=O)N[C@@H](C)C(=O)N1CCC[C@@H](C(=O)OCC(Cl)(Cl)Cl)N1. The second-order valence-electron chi connectivity index (χ2n) is 23.5. The van der Waals surface area contributed by atoms with Crippen LogP contribution in [0.2, 0.25) is 0 Å². The quantitative estimate of drug-likeness (QED) is 0.0234. The van der Waals surface area contributed by atoms with Gasteiger partial charge >= 0.3 is 23.9 Å². The van der Waals surface area contributed by atoms with Crippen LogP contribution in [0, 0.1) is 34.5 Å².